The van der Waals surface area contributed by atoms with E-state index in [4.69, 9.17) is 0 Å². The van der Waals surface area contributed by atoms with Crippen molar-refractivity contribution in [1.29, 1.82) is 0 Å². The van der Waals surface area contributed by atoms with E-state index in [1.54, 1.807) is 0 Å². The van der Waals surface area contributed by atoms with Gasteiger partial charge in [-0.15, -0.1) is 0 Å². The Bertz CT molecular complexity index is 274. The Labute approximate surface area is 120 Å². The van der Waals surface area contributed by atoms with Crippen molar-refractivity contribution >= 4 is 0 Å². The van der Waals surface area contributed by atoms with Crippen molar-refractivity contribution in [2.45, 2.75) is 66.0 Å². The summed E-state index contributed by atoms with van der Waals surface area (Å²) in [6.07, 6.45) is 4.38. The molecule has 0 aromatic heterocycles. The highest BCUT2D eigenvalue weighted by Crippen LogP contribution is 2.32. The van der Waals surface area contributed by atoms with E-state index in [9.17, 15) is 0 Å². The molecule has 2 heteroatoms. The minimum absolute atomic E-state index is 0.689. The molecule has 19 heavy (non-hydrogen) atoms. The molecule has 2 aliphatic rings. The van der Waals surface area contributed by atoms with Crippen LogP contribution in [-0.2, 0) is 0 Å². The van der Waals surface area contributed by atoms with Crippen molar-refractivity contribution in [1.82, 2.24) is 10.2 Å². The molecule has 0 radical (unpaired) electrons. The molecule has 2 fully saturated rings. The van der Waals surface area contributed by atoms with Crippen LogP contribution in [-0.4, -0.2) is 36.6 Å². The van der Waals surface area contributed by atoms with Crippen LogP contribution < -0.4 is 5.32 Å². The van der Waals surface area contributed by atoms with Gasteiger partial charge in [-0.3, -0.25) is 4.90 Å². The molecule has 0 aromatic carbocycles. The van der Waals surface area contributed by atoms with E-state index in [2.05, 4.69) is 44.8 Å². The maximum Gasteiger partial charge on any atom is 0.0244 e. The molecule has 1 aliphatic heterocycles. The van der Waals surface area contributed by atoms with Crippen LogP contribution in [0.15, 0.2) is 0 Å². The molecule has 4 atom stereocenters. The summed E-state index contributed by atoms with van der Waals surface area (Å²) in [7, 11) is 0. The second-order valence-electron chi connectivity index (χ2n) is 7.81. The van der Waals surface area contributed by atoms with Crippen molar-refractivity contribution in [2.24, 2.45) is 23.7 Å². The molecule has 1 N–H and O–H groups in total. The number of hydrogen-bond acceptors (Lipinski definition) is 2. The number of nitrogens with zero attached hydrogens (tertiary/aromatic N) is 1. The van der Waals surface area contributed by atoms with Gasteiger partial charge >= 0.3 is 0 Å². The topological polar surface area (TPSA) is 15.3 Å². The molecular weight excluding hydrogens is 232 g/mol. The first-order valence-electron chi connectivity index (χ1n) is 8.44. The lowest BCUT2D eigenvalue weighted by atomic mass is 9.92. The number of rotatable bonds is 4. The predicted octanol–water partition coefficient (Wildman–Crippen LogP) is 3.38. The zero-order valence-corrected chi connectivity index (χ0v) is 13.7. The normalized spacial score (nSPS) is 37.4. The van der Waals surface area contributed by atoms with Crippen LogP contribution in [0.5, 0.6) is 0 Å². The second kappa shape index (κ2) is 6.58. The molecule has 1 saturated heterocycles. The van der Waals surface area contributed by atoms with Gasteiger partial charge in [0, 0.05) is 31.7 Å². The Balaban J connectivity index is 1.95. The van der Waals surface area contributed by atoms with Crippen LogP contribution in [0.2, 0.25) is 0 Å². The van der Waals surface area contributed by atoms with Crippen molar-refractivity contribution in [3.8, 4) is 0 Å². The maximum atomic E-state index is 3.77. The third-order valence-corrected chi connectivity index (χ3v) is 5.36. The number of piperazine rings is 1. The zero-order valence-electron chi connectivity index (χ0n) is 13.7. The van der Waals surface area contributed by atoms with Gasteiger partial charge in [0.05, 0.1) is 0 Å². The number of hydrogen-bond donors (Lipinski definition) is 1. The van der Waals surface area contributed by atoms with Crippen LogP contribution in [0.25, 0.3) is 0 Å². The summed E-state index contributed by atoms with van der Waals surface area (Å²) in [6.45, 7) is 15.7. The van der Waals surface area contributed by atoms with E-state index in [0.717, 1.165) is 29.7 Å². The molecule has 1 heterocycles. The van der Waals surface area contributed by atoms with Gasteiger partial charge < -0.3 is 5.32 Å². The third-order valence-electron chi connectivity index (χ3n) is 5.36. The van der Waals surface area contributed by atoms with Crippen molar-refractivity contribution in [3.05, 3.63) is 0 Å². The lowest BCUT2D eigenvalue weighted by Crippen LogP contribution is -2.60. The van der Waals surface area contributed by atoms with Crippen LogP contribution in [0.1, 0.15) is 53.9 Å². The van der Waals surface area contributed by atoms with Gasteiger partial charge in [-0.2, -0.15) is 0 Å². The van der Waals surface area contributed by atoms with Gasteiger partial charge in [0.15, 0.2) is 0 Å². The SMILES string of the molecule is CC1CCC(CN2CC(C(C)C)NCC2C(C)C)C1. The first-order chi connectivity index (χ1) is 8.97. The van der Waals surface area contributed by atoms with Crippen molar-refractivity contribution in [2.75, 3.05) is 19.6 Å². The summed E-state index contributed by atoms with van der Waals surface area (Å²) in [5.41, 5.74) is 0. The summed E-state index contributed by atoms with van der Waals surface area (Å²) in [5.74, 6) is 3.44. The molecule has 2 nitrogen and oxygen atoms in total. The third kappa shape index (κ3) is 3.95. The largest absolute Gasteiger partial charge is 0.311 e. The van der Waals surface area contributed by atoms with Gasteiger partial charge in [0.25, 0.3) is 0 Å². The fraction of sp³-hybridized carbons (Fsp3) is 1.00. The minimum atomic E-state index is 0.689. The fourth-order valence-electron chi connectivity index (χ4n) is 3.99. The molecule has 0 bridgehead atoms. The van der Waals surface area contributed by atoms with Gasteiger partial charge in [-0.1, -0.05) is 41.0 Å². The van der Waals surface area contributed by atoms with E-state index in [-0.39, 0.29) is 0 Å². The Morgan fingerprint density at radius 1 is 1.11 bits per heavy atom. The van der Waals surface area contributed by atoms with E-state index in [1.807, 2.05) is 0 Å². The quantitative estimate of drug-likeness (QED) is 0.839. The monoisotopic (exact) mass is 266 g/mol. The lowest BCUT2D eigenvalue weighted by molar-refractivity contribution is 0.0701. The first-order valence-corrected chi connectivity index (χ1v) is 8.44. The summed E-state index contributed by atoms with van der Waals surface area (Å²) in [5, 5.41) is 3.77. The van der Waals surface area contributed by atoms with E-state index in [1.165, 1.54) is 38.9 Å². The molecular formula is C17H34N2. The Hall–Kier alpha value is -0.0800. The fourth-order valence-corrected chi connectivity index (χ4v) is 3.99. The number of nitrogens with one attached hydrogen (secondary N) is 1. The predicted molar refractivity (Wildman–Crippen MR) is 83.3 cm³/mol. The molecule has 2 rings (SSSR count). The average molecular weight is 266 g/mol. The molecule has 1 saturated carbocycles. The zero-order chi connectivity index (χ0) is 14.0. The first kappa shape index (κ1) is 15.3. The molecule has 4 unspecified atom stereocenters. The molecule has 0 spiro atoms. The van der Waals surface area contributed by atoms with Gasteiger partial charge in [0.1, 0.15) is 0 Å². The summed E-state index contributed by atoms with van der Waals surface area (Å²) >= 11 is 0. The van der Waals surface area contributed by atoms with Crippen LogP contribution >= 0.6 is 0 Å². The van der Waals surface area contributed by atoms with E-state index in [0.29, 0.717) is 6.04 Å². The van der Waals surface area contributed by atoms with Gasteiger partial charge in [-0.25, -0.2) is 0 Å². The molecule has 0 aromatic rings. The average Bonchev–Trinajstić information content (AvgIpc) is 2.74. The second-order valence-corrected chi connectivity index (χ2v) is 7.81. The Morgan fingerprint density at radius 3 is 2.37 bits per heavy atom. The van der Waals surface area contributed by atoms with E-state index < -0.39 is 0 Å². The van der Waals surface area contributed by atoms with Crippen LogP contribution in [0.4, 0.5) is 0 Å². The van der Waals surface area contributed by atoms with Gasteiger partial charge in [0.2, 0.25) is 0 Å². The maximum absolute atomic E-state index is 3.77. The highest BCUT2D eigenvalue weighted by Gasteiger charge is 2.33. The highest BCUT2D eigenvalue weighted by molar-refractivity contribution is 4.90. The smallest absolute Gasteiger partial charge is 0.0244 e. The highest BCUT2D eigenvalue weighted by atomic mass is 15.2. The van der Waals surface area contributed by atoms with E-state index >= 15 is 0 Å². The minimum Gasteiger partial charge on any atom is -0.311 e. The molecule has 112 valence electrons. The Morgan fingerprint density at radius 2 is 1.84 bits per heavy atom. The van der Waals surface area contributed by atoms with Gasteiger partial charge in [-0.05, 0) is 36.5 Å². The molecule has 0 amide bonds. The van der Waals surface area contributed by atoms with Crippen LogP contribution in [0, 0.1) is 23.7 Å². The summed E-state index contributed by atoms with van der Waals surface area (Å²) in [4.78, 5) is 2.81. The van der Waals surface area contributed by atoms with Crippen LogP contribution in [0.3, 0.4) is 0 Å². The summed E-state index contributed by atoms with van der Waals surface area (Å²) in [6, 6.07) is 1.43. The Kier molecular flexibility index (Phi) is 5.30. The standard InChI is InChI=1S/C17H34N2/c1-12(2)16-11-19(17(9-18-16)13(3)4)10-15-7-6-14(5)8-15/h12-18H,6-11H2,1-5H3. The van der Waals surface area contributed by atoms with Crippen molar-refractivity contribution in [3.63, 3.8) is 0 Å². The molecule has 1 aliphatic carbocycles. The van der Waals surface area contributed by atoms with Crippen molar-refractivity contribution < 1.29 is 0 Å². The summed E-state index contributed by atoms with van der Waals surface area (Å²) < 4.78 is 0. The lowest BCUT2D eigenvalue weighted by Gasteiger charge is -2.44.